The van der Waals surface area contributed by atoms with E-state index in [0.717, 1.165) is 23.3 Å². The third-order valence-corrected chi connectivity index (χ3v) is 6.08. The lowest BCUT2D eigenvalue weighted by atomic mass is 9.97. The highest BCUT2D eigenvalue weighted by Crippen LogP contribution is 2.35. The van der Waals surface area contributed by atoms with Crippen molar-refractivity contribution in [3.8, 4) is 0 Å². The van der Waals surface area contributed by atoms with E-state index in [0.29, 0.717) is 11.1 Å². The van der Waals surface area contributed by atoms with Crippen molar-refractivity contribution in [3.63, 3.8) is 0 Å². The number of ketones is 2. The van der Waals surface area contributed by atoms with Crippen LogP contribution in [0.2, 0.25) is 0 Å². The third kappa shape index (κ3) is 8.11. The monoisotopic (exact) mass is 534 g/mol. The van der Waals surface area contributed by atoms with E-state index in [9.17, 15) is 19.8 Å². The van der Waals surface area contributed by atoms with Crippen LogP contribution in [0.1, 0.15) is 34.5 Å². The molecule has 0 saturated carbocycles. The normalized spacial score (nSPS) is 13.4. The predicted molar refractivity (Wildman–Crippen MR) is 154 cm³/mol. The zero-order valence-corrected chi connectivity index (χ0v) is 21.8. The van der Waals surface area contributed by atoms with E-state index in [1.54, 1.807) is 48.5 Å². The topological polar surface area (TPSA) is 93.1 Å². The molecule has 4 aromatic rings. The van der Waals surface area contributed by atoms with E-state index in [1.165, 1.54) is 0 Å². The summed E-state index contributed by atoms with van der Waals surface area (Å²) in [4.78, 5) is 25.5. The van der Waals surface area contributed by atoms with Crippen LogP contribution in [-0.2, 0) is 19.1 Å². The molecule has 0 bridgehead atoms. The summed E-state index contributed by atoms with van der Waals surface area (Å²) in [6.07, 6.45) is 0.769. The standard InChI is InChI=1S/C34H30O6/c35-29(21-31(37)25-13-5-1-6-14-25)23-39-33(27-17-9-3-10-18-27)34(28-19-11-4-12-20-28)40-24-30(36)22-32(38)26-15-7-2-8-16-26/h1-22,33-34,37-38H,23-24H2/b31-21-,32-22-/t33-,34-/m0/s1. The maximum Gasteiger partial charge on any atom is 0.185 e. The quantitative estimate of drug-likeness (QED) is 0.144. The van der Waals surface area contributed by atoms with Crippen LogP contribution in [0.3, 0.4) is 0 Å². The van der Waals surface area contributed by atoms with Crippen molar-refractivity contribution in [1.29, 1.82) is 0 Å². The lowest BCUT2D eigenvalue weighted by molar-refractivity contribution is -0.133. The van der Waals surface area contributed by atoms with Crippen LogP contribution < -0.4 is 0 Å². The molecule has 40 heavy (non-hydrogen) atoms. The zero-order chi connectivity index (χ0) is 28.2. The van der Waals surface area contributed by atoms with E-state index >= 15 is 0 Å². The molecule has 202 valence electrons. The molecule has 0 aliphatic heterocycles. The Kier molecular flexibility index (Phi) is 10.2. The van der Waals surface area contributed by atoms with Gasteiger partial charge in [-0.05, 0) is 11.1 Å². The summed E-state index contributed by atoms with van der Waals surface area (Å²) in [5, 5.41) is 20.7. The van der Waals surface area contributed by atoms with E-state index < -0.39 is 23.8 Å². The molecular formula is C34H30O6. The van der Waals surface area contributed by atoms with Gasteiger partial charge in [-0.1, -0.05) is 121 Å². The Balaban J connectivity index is 1.55. The summed E-state index contributed by atoms with van der Waals surface area (Å²) in [5.41, 5.74) is 2.53. The minimum atomic E-state index is -0.751. The fourth-order valence-electron chi connectivity index (χ4n) is 4.12. The number of carbonyl (C=O) groups excluding carboxylic acids is 2. The van der Waals surface area contributed by atoms with E-state index in [1.807, 2.05) is 72.8 Å². The van der Waals surface area contributed by atoms with E-state index in [2.05, 4.69) is 0 Å². The number of aliphatic hydroxyl groups excluding tert-OH is 2. The largest absolute Gasteiger partial charge is 0.507 e. The molecule has 2 atom stereocenters. The predicted octanol–water partition coefficient (Wildman–Crippen LogP) is 6.84. The first-order chi connectivity index (χ1) is 19.5. The number of aliphatic hydroxyl groups is 2. The first-order valence-electron chi connectivity index (χ1n) is 12.8. The molecule has 4 rings (SSSR count). The average molecular weight is 535 g/mol. The first kappa shape index (κ1) is 28.2. The van der Waals surface area contributed by atoms with Gasteiger partial charge in [0.05, 0.1) is 0 Å². The lowest BCUT2D eigenvalue weighted by Gasteiger charge is -2.28. The molecule has 6 nitrogen and oxygen atoms in total. The van der Waals surface area contributed by atoms with Crippen molar-refractivity contribution in [2.75, 3.05) is 13.2 Å². The van der Waals surface area contributed by atoms with E-state index in [4.69, 9.17) is 9.47 Å². The van der Waals surface area contributed by atoms with Gasteiger partial charge >= 0.3 is 0 Å². The molecule has 0 aliphatic carbocycles. The molecule has 0 aromatic heterocycles. The Labute approximate surface area is 233 Å². The Hall–Kier alpha value is -4.78. The Morgan fingerprint density at radius 1 is 0.525 bits per heavy atom. The first-order valence-corrected chi connectivity index (χ1v) is 12.8. The van der Waals surface area contributed by atoms with Crippen LogP contribution in [0, 0.1) is 0 Å². The van der Waals surface area contributed by atoms with Crippen LogP contribution in [-0.4, -0.2) is 35.0 Å². The van der Waals surface area contributed by atoms with Gasteiger partial charge in [-0.15, -0.1) is 0 Å². The van der Waals surface area contributed by atoms with Gasteiger partial charge in [-0.2, -0.15) is 0 Å². The van der Waals surface area contributed by atoms with Gasteiger partial charge < -0.3 is 19.7 Å². The van der Waals surface area contributed by atoms with Crippen molar-refractivity contribution in [2.24, 2.45) is 0 Å². The number of benzene rings is 4. The van der Waals surface area contributed by atoms with Gasteiger partial charge in [0.1, 0.15) is 36.9 Å². The van der Waals surface area contributed by atoms with Crippen molar-refractivity contribution < 1.29 is 29.3 Å². The second-order valence-electron chi connectivity index (χ2n) is 9.01. The lowest BCUT2D eigenvalue weighted by Crippen LogP contribution is -2.22. The second kappa shape index (κ2) is 14.4. The van der Waals surface area contributed by atoms with Gasteiger partial charge in [-0.3, -0.25) is 9.59 Å². The third-order valence-electron chi connectivity index (χ3n) is 6.08. The second-order valence-corrected chi connectivity index (χ2v) is 9.01. The summed E-state index contributed by atoms with van der Waals surface area (Å²) in [5.74, 6) is -1.17. The van der Waals surface area contributed by atoms with Crippen LogP contribution in [0.25, 0.3) is 11.5 Å². The molecule has 4 aromatic carbocycles. The molecule has 0 heterocycles. The number of hydrogen-bond acceptors (Lipinski definition) is 6. The number of rotatable bonds is 13. The fourth-order valence-corrected chi connectivity index (χ4v) is 4.12. The van der Waals surface area contributed by atoms with Crippen molar-refractivity contribution in [1.82, 2.24) is 0 Å². The highest BCUT2D eigenvalue weighted by molar-refractivity contribution is 5.96. The van der Waals surface area contributed by atoms with Crippen LogP contribution in [0.15, 0.2) is 133 Å². The van der Waals surface area contributed by atoms with Crippen LogP contribution >= 0.6 is 0 Å². The highest BCUT2D eigenvalue weighted by atomic mass is 16.5. The molecule has 0 fully saturated rings. The van der Waals surface area contributed by atoms with Crippen LogP contribution in [0.5, 0.6) is 0 Å². The Bertz CT molecular complexity index is 1320. The molecule has 0 aliphatic rings. The summed E-state index contributed by atoms with van der Waals surface area (Å²) in [6.45, 7) is -0.655. The van der Waals surface area contributed by atoms with Gasteiger partial charge in [0.2, 0.25) is 0 Å². The van der Waals surface area contributed by atoms with Crippen molar-refractivity contribution in [2.45, 2.75) is 12.2 Å². The molecular weight excluding hydrogens is 504 g/mol. The van der Waals surface area contributed by atoms with E-state index in [-0.39, 0.29) is 24.7 Å². The number of ether oxygens (including phenoxy) is 2. The summed E-state index contributed by atoms with van der Waals surface area (Å²) in [7, 11) is 0. The summed E-state index contributed by atoms with van der Waals surface area (Å²) in [6, 6.07) is 36.1. The SMILES string of the molecule is O=C(/C=C(\O)c1ccccc1)CO[C@@H](c1ccccc1)[C@@H](OCC(=O)/C=C(\O)c1ccccc1)c1ccccc1. The van der Waals surface area contributed by atoms with Gasteiger partial charge in [0.25, 0.3) is 0 Å². The maximum atomic E-state index is 12.8. The number of hydrogen-bond donors (Lipinski definition) is 2. The van der Waals surface area contributed by atoms with Gasteiger partial charge in [0, 0.05) is 23.3 Å². The minimum absolute atomic E-state index is 0.156. The Morgan fingerprint density at radius 2 is 0.825 bits per heavy atom. The minimum Gasteiger partial charge on any atom is -0.507 e. The van der Waals surface area contributed by atoms with Crippen molar-refractivity contribution in [3.05, 3.63) is 156 Å². The smallest absolute Gasteiger partial charge is 0.185 e. The molecule has 0 unspecified atom stereocenters. The van der Waals surface area contributed by atoms with Gasteiger partial charge in [-0.25, -0.2) is 0 Å². The number of carbonyl (C=O) groups is 2. The molecule has 0 spiro atoms. The van der Waals surface area contributed by atoms with Crippen LogP contribution in [0.4, 0.5) is 0 Å². The van der Waals surface area contributed by atoms with Crippen molar-refractivity contribution >= 4 is 23.1 Å². The van der Waals surface area contributed by atoms with Gasteiger partial charge in [0.15, 0.2) is 11.6 Å². The molecule has 2 N–H and O–H groups in total. The zero-order valence-electron chi connectivity index (χ0n) is 21.8. The molecule has 0 saturated heterocycles. The molecule has 6 heteroatoms. The maximum absolute atomic E-state index is 12.8. The Morgan fingerprint density at radius 3 is 1.15 bits per heavy atom. The summed E-state index contributed by atoms with van der Waals surface area (Å²) >= 11 is 0. The molecule has 0 radical (unpaired) electrons. The highest BCUT2D eigenvalue weighted by Gasteiger charge is 2.28. The molecule has 0 amide bonds. The summed E-state index contributed by atoms with van der Waals surface area (Å²) < 4.78 is 12.2. The fraction of sp³-hybridized carbons (Fsp3) is 0.118. The average Bonchev–Trinajstić information content (AvgIpc) is 3.00.